The Bertz CT molecular complexity index is 290. The average molecular weight is 200 g/mol. The lowest BCUT2D eigenvalue weighted by molar-refractivity contribution is -0.435. The van der Waals surface area contributed by atoms with Crippen molar-refractivity contribution in [2.45, 2.75) is 25.9 Å². The second-order valence-corrected chi connectivity index (χ2v) is 3.16. The van der Waals surface area contributed by atoms with Crippen molar-refractivity contribution in [2.24, 2.45) is 0 Å². The maximum Gasteiger partial charge on any atom is 0.300 e. The zero-order valence-corrected chi connectivity index (χ0v) is 7.82. The monoisotopic (exact) mass is 200 g/mol. The van der Waals surface area contributed by atoms with Crippen LogP contribution in [0.3, 0.4) is 0 Å². The van der Waals surface area contributed by atoms with E-state index < -0.39 is 22.5 Å². The number of ketones is 1. The molecule has 0 bridgehead atoms. The molecule has 0 aliphatic carbocycles. The van der Waals surface area contributed by atoms with E-state index in [-0.39, 0.29) is 0 Å². The molecule has 14 heavy (non-hydrogen) atoms. The van der Waals surface area contributed by atoms with Gasteiger partial charge in [0, 0.05) is 6.54 Å². The fourth-order valence-corrected chi connectivity index (χ4v) is 1.38. The van der Waals surface area contributed by atoms with E-state index in [0.29, 0.717) is 18.7 Å². The van der Waals surface area contributed by atoms with E-state index in [0.717, 1.165) is 13.3 Å². The van der Waals surface area contributed by atoms with Crippen molar-refractivity contribution < 1.29 is 14.8 Å². The SMILES string of the molecule is CC(=O)C(O)/C(=C1/CCCN1)[N+](=O)[O-]. The summed E-state index contributed by atoms with van der Waals surface area (Å²) in [4.78, 5) is 20.8. The first-order valence-corrected chi connectivity index (χ1v) is 4.34. The average Bonchev–Trinajstić information content (AvgIpc) is 2.56. The second-order valence-electron chi connectivity index (χ2n) is 3.16. The number of allylic oxidation sites excluding steroid dienone is 1. The van der Waals surface area contributed by atoms with Crippen LogP contribution in [0.15, 0.2) is 11.4 Å². The molecule has 0 radical (unpaired) electrons. The van der Waals surface area contributed by atoms with Gasteiger partial charge in [0.05, 0.1) is 10.6 Å². The summed E-state index contributed by atoms with van der Waals surface area (Å²) in [5.74, 6) is -0.613. The van der Waals surface area contributed by atoms with Gasteiger partial charge in [0.25, 0.3) is 0 Å². The molecule has 0 amide bonds. The Labute approximate surface area is 80.8 Å². The van der Waals surface area contributed by atoms with Crippen molar-refractivity contribution in [3.63, 3.8) is 0 Å². The van der Waals surface area contributed by atoms with Crippen molar-refractivity contribution in [2.75, 3.05) is 6.54 Å². The molecule has 0 aromatic carbocycles. The van der Waals surface area contributed by atoms with Gasteiger partial charge in [-0.3, -0.25) is 14.9 Å². The van der Waals surface area contributed by atoms with Crippen LogP contribution in [0.4, 0.5) is 0 Å². The Morgan fingerprint density at radius 2 is 2.36 bits per heavy atom. The molecular formula is C8H12N2O4. The summed E-state index contributed by atoms with van der Waals surface area (Å²) in [6.07, 6.45) is -0.316. The zero-order chi connectivity index (χ0) is 10.7. The summed E-state index contributed by atoms with van der Waals surface area (Å²) in [5.41, 5.74) is -0.0345. The predicted octanol–water partition coefficient (Wildman–Crippen LogP) is -0.192. The lowest BCUT2D eigenvalue weighted by Crippen LogP contribution is -2.28. The number of hydrogen-bond donors (Lipinski definition) is 2. The van der Waals surface area contributed by atoms with Gasteiger partial charge in [-0.25, -0.2) is 0 Å². The van der Waals surface area contributed by atoms with Crippen LogP contribution in [0.2, 0.25) is 0 Å². The number of Topliss-reactive ketones (excluding diaryl/α,β-unsaturated/α-hetero) is 1. The normalized spacial score (nSPS) is 21.3. The van der Waals surface area contributed by atoms with E-state index in [1.807, 2.05) is 0 Å². The van der Waals surface area contributed by atoms with E-state index in [1.54, 1.807) is 0 Å². The fourth-order valence-electron chi connectivity index (χ4n) is 1.38. The number of carbonyl (C=O) groups is 1. The molecule has 1 unspecified atom stereocenters. The van der Waals surface area contributed by atoms with Crippen LogP contribution in [0.5, 0.6) is 0 Å². The summed E-state index contributed by atoms with van der Waals surface area (Å²) in [6, 6.07) is 0. The highest BCUT2D eigenvalue weighted by Gasteiger charge is 2.32. The molecule has 1 fully saturated rings. The number of aliphatic hydroxyl groups is 1. The molecule has 6 heteroatoms. The molecule has 1 saturated heterocycles. The lowest BCUT2D eigenvalue weighted by Gasteiger charge is -2.07. The molecule has 1 aliphatic heterocycles. The van der Waals surface area contributed by atoms with Crippen LogP contribution in [-0.4, -0.2) is 28.5 Å². The largest absolute Gasteiger partial charge is 0.383 e. The van der Waals surface area contributed by atoms with Crippen LogP contribution in [0.1, 0.15) is 19.8 Å². The Kier molecular flexibility index (Phi) is 3.19. The van der Waals surface area contributed by atoms with Gasteiger partial charge in [-0.1, -0.05) is 0 Å². The fraction of sp³-hybridized carbons (Fsp3) is 0.625. The number of carbonyl (C=O) groups excluding carboxylic acids is 1. The van der Waals surface area contributed by atoms with E-state index >= 15 is 0 Å². The molecule has 2 N–H and O–H groups in total. The van der Waals surface area contributed by atoms with Crippen molar-refractivity contribution >= 4 is 5.78 Å². The number of nitrogens with zero attached hydrogens (tertiary/aromatic N) is 1. The van der Waals surface area contributed by atoms with E-state index in [1.165, 1.54) is 0 Å². The maximum absolute atomic E-state index is 10.8. The molecule has 0 aromatic rings. The van der Waals surface area contributed by atoms with E-state index in [9.17, 15) is 20.0 Å². The standard InChI is InChI=1S/C8H12N2O4/c1-5(11)8(12)7(10(13)14)6-3-2-4-9-6/h8-9,12H,2-4H2,1H3/b7-6+. The van der Waals surface area contributed by atoms with Gasteiger partial charge in [0.2, 0.25) is 6.10 Å². The maximum atomic E-state index is 10.8. The molecule has 78 valence electrons. The Hall–Kier alpha value is -1.43. The Morgan fingerprint density at radius 1 is 1.71 bits per heavy atom. The minimum Gasteiger partial charge on any atom is -0.383 e. The van der Waals surface area contributed by atoms with Gasteiger partial charge in [0.1, 0.15) is 0 Å². The van der Waals surface area contributed by atoms with Crippen LogP contribution in [-0.2, 0) is 4.79 Å². The highest BCUT2D eigenvalue weighted by Crippen LogP contribution is 2.17. The van der Waals surface area contributed by atoms with Crippen molar-refractivity contribution in [1.29, 1.82) is 0 Å². The van der Waals surface area contributed by atoms with E-state index in [2.05, 4.69) is 5.32 Å². The molecule has 1 atom stereocenters. The highest BCUT2D eigenvalue weighted by molar-refractivity contribution is 5.82. The first-order valence-electron chi connectivity index (χ1n) is 4.34. The number of rotatable bonds is 3. The Balaban J connectivity index is 2.99. The number of nitrogens with one attached hydrogen (secondary N) is 1. The second kappa shape index (κ2) is 4.19. The summed E-state index contributed by atoms with van der Waals surface area (Å²) in [6.45, 7) is 1.78. The highest BCUT2D eigenvalue weighted by atomic mass is 16.6. The smallest absolute Gasteiger partial charge is 0.300 e. The van der Waals surface area contributed by atoms with Gasteiger partial charge < -0.3 is 10.4 Å². The topological polar surface area (TPSA) is 92.5 Å². The number of aliphatic hydroxyl groups excluding tert-OH is 1. The van der Waals surface area contributed by atoms with Crippen molar-refractivity contribution in [1.82, 2.24) is 5.32 Å². The van der Waals surface area contributed by atoms with Crippen molar-refractivity contribution in [3.8, 4) is 0 Å². The molecular weight excluding hydrogens is 188 g/mol. The lowest BCUT2D eigenvalue weighted by atomic mass is 10.1. The third-order valence-corrected chi connectivity index (χ3v) is 2.09. The molecule has 1 aliphatic rings. The molecule has 1 heterocycles. The summed E-state index contributed by atoms with van der Waals surface area (Å²) in [7, 11) is 0. The van der Waals surface area contributed by atoms with Gasteiger partial charge in [0.15, 0.2) is 5.78 Å². The third kappa shape index (κ3) is 2.08. The van der Waals surface area contributed by atoms with Gasteiger partial charge in [-0.05, 0) is 19.8 Å². The van der Waals surface area contributed by atoms with Crippen LogP contribution >= 0.6 is 0 Å². The van der Waals surface area contributed by atoms with Crippen molar-refractivity contribution in [3.05, 3.63) is 21.5 Å². The first-order chi connectivity index (χ1) is 6.54. The molecule has 1 rings (SSSR count). The molecule has 0 spiro atoms. The van der Waals surface area contributed by atoms with Gasteiger partial charge in [-0.15, -0.1) is 0 Å². The summed E-state index contributed by atoms with van der Waals surface area (Å²) >= 11 is 0. The minimum atomic E-state index is -1.62. The van der Waals surface area contributed by atoms with Gasteiger partial charge in [-0.2, -0.15) is 0 Å². The molecule has 6 nitrogen and oxygen atoms in total. The Morgan fingerprint density at radius 3 is 2.71 bits per heavy atom. The van der Waals surface area contributed by atoms with Crippen LogP contribution in [0, 0.1) is 10.1 Å². The number of nitro groups is 1. The molecule has 0 saturated carbocycles. The quantitative estimate of drug-likeness (QED) is 0.486. The third-order valence-electron chi connectivity index (χ3n) is 2.09. The predicted molar refractivity (Wildman–Crippen MR) is 47.9 cm³/mol. The summed E-state index contributed by atoms with van der Waals surface area (Å²) < 4.78 is 0. The first kappa shape index (κ1) is 10.6. The van der Waals surface area contributed by atoms with E-state index in [4.69, 9.17) is 0 Å². The van der Waals surface area contributed by atoms with Crippen LogP contribution in [0.25, 0.3) is 0 Å². The number of hydrogen-bond acceptors (Lipinski definition) is 5. The van der Waals surface area contributed by atoms with Crippen LogP contribution < -0.4 is 5.32 Å². The zero-order valence-electron chi connectivity index (χ0n) is 7.82. The summed E-state index contributed by atoms with van der Waals surface area (Å²) in [5, 5.41) is 22.8. The molecule has 0 aromatic heterocycles. The minimum absolute atomic E-state index is 0.373. The van der Waals surface area contributed by atoms with Gasteiger partial charge >= 0.3 is 5.70 Å².